The minimum absolute atomic E-state index is 0.00627. The van der Waals surface area contributed by atoms with Crippen LogP contribution in [0.4, 0.5) is 14.5 Å². The summed E-state index contributed by atoms with van der Waals surface area (Å²) in [5.74, 6) is -0.561. The van der Waals surface area contributed by atoms with Crippen LogP contribution in [0.5, 0.6) is 0 Å². The van der Waals surface area contributed by atoms with Crippen LogP contribution in [0, 0.1) is 17.6 Å². The zero-order valence-electron chi connectivity index (χ0n) is 10.5. The predicted molar refractivity (Wildman–Crippen MR) is 70.0 cm³/mol. The molecule has 1 aliphatic heterocycles. The Kier molecular flexibility index (Phi) is 4.68. The quantitative estimate of drug-likeness (QED) is 0.652. The average Bonchev–Trinajstić information content (AvgIpc) is 2.42. The molecule has 19 heavy (non-hydrogen) atoms. The molecule has 3 N–H and O–H groups in total. The summed E-state index contributed by atoms with van der Waals surface area (Å²) in [6.07, 6.45) is 1.90. The molecular formula is C13H17F2N3O. The molecule has 1 aromatic carbocycles. The molecule has 1 saturated heterocycles. The standard InChI is InChI=1S/C13H17F2N3O/c14-10-1-2-11(15)12(7-10)18-13(16)17-8-9-3-5-19-6-4-9/h1-2,7,9H,3-6,8H2,(H3,16,17,18). The van der Waals surface area contributed by atoms with Crippen molar-refractivity contribution in [3.8, 4) is 0 Å². The van der Waals surface area contributed by atoms with E-state index < -0.39 is 11.6 Å². The number of hydrogen-bond acceptors (Lipinski definition) is 2. The molecule has 0 aliphatic carbocycles. The maximum Gasteiger partial charge on any atom is 0.193 e. The van der Waals surface area contributed by atoms with Crippen LogP contribution in [-0.2, 0) is 4.74 Å². The number of ether oxygens (including phenoxy) is 1. The minimum Gasteiger partial charge on any atom is -0.381 e. The molecule has 1 aliphatic rings. The summed E-state index contributed by atoms with van der Waals surface area (Å²) < 4.78 is 31.6. The molecule has 0 radical (unpaired) electrons. The first-order valence-corrected chi connectivity index (χ1v) is 6.25. The number of halogens is 2. The SMILES string of the molecule is NC(=NCC1CCOCC1)Nc1cc(F)ccc1F. The maximum atomic E-state index is 13.4. The smallest absolute Gasteiger partial charge is 0.193 e. The first kappa shape index (κ1) is 13.7. The number of aliphatic imine (C=N–C) groups is 1. The van der Waals surface area contributed by atoms with Crippen molar-refractivity contribution in [1.82, 2.24) is 0 Å². The van der Waals surface area contributed by atoms with Crippen LogP contribution < -0.4 is 11.1 Å². The number of nitrogens with zero attached hydrogens (tertiary/aromatic N) is 1. The van der Waals surface area contributed by atoms with E-state index in [0.717, 1.165) is 44.3 Å². The normalized spacial score (nSPS) is 17.5. The second-order valence-electron chi connectivity index (χ2n) is 4.53. The summed E-state index contributed by atoms with van der Waals surface area (Å²) in [6, 6.07) is 3.14. The van der Waals surface area contributed by atoms with Crippen LogP contribution in [0.1, 0.15) is 12.8 Å². The second kappa shape index (κ2) is 6.47. The van der Waals surface area contributed by atoms with Crippen molar-refractivity contribution in [1.29, 1.82) is 0 Å². The largest absolute Gasteiger partial charge is 0.381 e. The van der Waals surface area contributed by atoms with Crippen LogP contribution in [0.3, 0.4) is 0 Å². The van der Waals surface area contributed by atoms with Gasteiger partial charge in [0.25, 0.3) is 0 Å². The van der Waals surface area contributed by atoms with Gasteiger partial charge in [-0.3, -0.25) is 4.99 Å². The highest BCUT2D eigenvalue weighted by atomic mass is 19.1. The Morgan fingerprint density at radius 1 is 1.37 bits per heavy atom. The number of nitrogens with two attached hydrogens (primary N) is 1. The first-order chi connectivity index (χ1) is 9.15. The van der Waals surface area contributed by atoms with Crippen molar-refractivity contribution in [2.24, 2.45) is 16.6 Å². The zero-order valence-corrected chi connectivity index (χ0v) is 10.5. The van der Waals surface area contributed by atoms with Gasteiger partial charge in [-0.1, -0.05) is 0 Å². The van der Waals surface area contributed by atoms with Gasteiger partial charge in [-0.2, -0.15) is 0 Å². The number of anilines is 1. The van der Waals surface area contributed by atoms with Crippen molar-refractivity contribution >= 4 is 11.6 Å². The van der Waals surface area contributed by atoms with Crippen LogP contribution in [0.15, 0.2) is 23.2 Å². The fourth-order valence-corrected chi connectivity index (χ4v) is 1.93. The third kappa shape index (κ3) is 4.17. The van der Waals surface area contributed by atoms with Crippen LogP contribution in [0.25, 0.3) is 0 Å². The lowest BCUT2D eigenvalue weighted by Gasteiger charge is -2.20. The van der Waals surface area contributed by atoms with Gasteiger partial charge in [-0.05, 0) is 30.9 Å². The van der Waals surface area contributed by atoms with Gasteiger partial charge in [0.15, 0.2) is 5.96 Å². The van der Waals surface area contributed by atoms with Gasteiger partial charge in [0, 0.05) is 25.8 Å². The average molecular weight is 269 g/mol. The summed E-state index contributed by atoms with van der Waals surface area (Å²) in [6.45, 7) is 2.05. The Morgan fingerprint density at radius 2 is 2.11 bits per heavy atom. The van der Waals surface area contributed by atoms with Gasteiger partial charge in [0.05, 0.1) is 5.69 Å². The monoisotopic (exact) mass is 269 g/mol. The lowest BCUT2D eigenvalue weighted by Crippen LogP contribution is -2.25. The summed E-state index contributed by atoms with van der Waals surface area (Å²) in [5.41, 5.74) is 5.65. The Bertz CT molecular complexity index is 459. The Balaban J connectivity index is 1.92. The van der Waals surface area contributed by atoms with E-state index in [1.54, 1.807) is 0 Å². The molecule has 104 valence electrons. The lowest BCUT2D eigenvalue weighted by molar-refractivity contribution is 0.0689. The van der Waals surface area contributed by atoms with Crippen LogP contribution in [-0.4, -0.2) is 25.7 Å². The molecule has 1 heterocycles. The van der Waals surface area contributed by atoms with Gasteiger partial charge in [-0.25, -0.2) is 8.78 Å². The number of benzene rings is 1. The third-order valence-electron chi connectivity index (χ3n) is 3.05. The van der Waals surface area contributed by atoms with E-state index in [4.69, 9.17) is 10.5 Å². The molecule has 2 rings (SSSR count). The second-order valence-corrected chi connectivity index (χ2v) is 4.53. The van der Waals surface area contributed by atoms with Crippen molar-refractivity contribution in [2.75, 3.05) is 25.1 Å². The van der Waals surface area contributed by atoms with Crippen molar-refractivity contribution < 1.29 is 13.5 Å². The first-order valence-electron chi connectivity index (χ1n) is 6.25. The third-order valence-corrected chi connectivity index (χ3v) is 3.05. The van der Waals surface area contributed by atoms with E-state index in [0.29, 0.717) is 12.5 Å². The van der Waals surface area contributed by atoms with Crippen molar-refractivity contribution in [3.05, 3.63) is 29.8 Å². The summed E-state index contributed by atoms with van der Waals surface area (Å²) in [4.78, 5) is 4.15. The van der Waals surface area contributed by atoms with E-state index >= 15 is 0 Å². The number of nitrogens with one attached hydrogen (secondary N) is 1. The highest BCUT2D eigenvalue weighted by molar-refractivity contribution is 5.92. The number of rotatable bonds is 3. The maximum absolute atomic E-state index is 13.4. The van der Waals surface area contributed by atoms with E-state index in [1.165, 1.54) is 0 Å². The molecule has 0 bridgehead atoms. The van der Waals surface area contributed by atoms with Crippen molar-refractivity contribution in [2.45, 2.75) is 12.8 Å². The number of hydrogen-bond donors (Lipinski definition) is 2. The topological polar surface area (TPSA) is 59.6 Å². The van der Waals surface area contributed by atoms with Crippen LogP contribution in [0.2, 0.25) is 0 Å². The van der Waals surface area contributed by atoms with Crippen molar-refractivity contribution in [3.63, 3.8) is 0 Å². The highest BCUT2D eigenvalue weighted by Crippen LogP contribution is 2.16. The summed E-state index contributed by atoms with van der Waals surface area (Å²) in [7, 11) is 0. The van der Waals surface area contributed by atoms with E-state index in [9.17, 15) is 8.78 Å². The summed E-state index contributed by atoms with van der Waals surface area (Å²) >= 11 is 0. The molecule has 6 heteroatoms. The van der Waals surface area contributed by atoms with Crippen LogP contribution >= 0.6 is 0 Å². The fourth-order valence-electron chi connectivity index (χ4n) is 1.93. The van der Waals surface area contributed by atoms with Gasteiger partial charge in [0.2, 0.25) is 0 Å². The minimum atomic E-state index is -0.564. The van der Waals surface area contributed by atoms with E-state index in [1.807, 2.05) is 0 Å². The number of guanidine groups is 1. The Morgan fingerprint density at radius 3 is 2.84 bits per heavy atom. The fraction of sp³-hybridized carbons (Fsp3) is 0.462. The van der Waals surface area contributed by atoms with Gasteiger partial charge >= 0.3 is 0 Å². The molecule has 0 atom stereocenters. The predicted octanol–water partition coefficient (Wildman–Crippen LogP) is 2.12. The molecule has 4 nitrogen and oxygen atoms in total. The van der Waals surface area contributed by atoms with Gasteiger partial charge < -0.3 is 15.8 Å². The lowest BCUT2D eigenvalue weighted by atomic mass is 10.0. The van der Waals surface area contributed by atoms with E-state index in [2.05, 4.69) is 10.3 Å². The molecule has 0 saturated carbocycles. The zero-order chi connectivity index (χ0) is 13.7. The highest BCUT2D eigenvalue weighted by Gasteiger charge is 2.13. The molecule has 0 spiro atoms. The molecule has 1 aromatic rings. The summed E-state index contributed by atoms with van der Waals surface area (Å²) in [5, 5.41) is 2.57. The molecule has 1 fully saturated rings. The van der Waals surface area contributed by atoms with E-state index in [-0.39, 0.29) is 11.6 Å². The van der Waals surface area contributed by atoms with Gasteiger partial charge in [-0.15, -0.1) is 0 Å². The van der Waals surface area contributed by atoms with Gasteiger partial charge in [0.1, 0.15) is 11.6 Å². The molecule has 0 aromatic heterocycles. The molecule has 0 unspecified atom stereocenters. The molecule has 0 amide bonds. The Labute approximate surface area is 110 Å². The Hall–Kier alpha value is -1.69. The molecular weight excluding hydrogens is 252 g/mol.